The van der Waals surface area contributed by atoms with E-state index >= 15 is 0 Å². The van der Waals surface area contributed by atoms with Gasteiger partial charge in [-0.25, -0.2) is 0 Å². The predicted octanol–water partition coefficient (Wildman–Crippen LogP) is 2.99. The van der Waals surface area contributed by atoms with Crippen molar-refractivity contribution in [3.63, 3.8) is 0 Å². The molecule has 1 aliphatic rings. The maximum Gasteiger partial charge on any atom is 0.0513 e. The van der Waals surface area contributed by atoms with Gasteiger partial charge in [0, 0.05) is 5.38 Å². The normalized spacial score (nSPS) is 45.0. The smallest absolute Gasteiger partial charge is 0.0513 e. The van der Waals surface area contributed by atoms with E-state index in [1.807, 2.05) is 0 Å². The van der Waals surface area contributed by atoms with Crippen molar-refractivity contribution in [3.05, 3.63) is 0 Å². The van der Waals surface area contributed by atoms with Crippen LogP contribution in [-0.4, -0.2) is 16.1 Å². The predicted molar refractivity (Wildman–Crippen MR) is 42.8 cm³/mol. The minimum absolute atomic E-state index is 0.0860. The van der Waals surface area contributed by atoms with Crippen molar-refractivity contribution >= 4 is 34.8 Å². The summed E-state index contributed by atoms with van der Waals surface area (Å²) in [5.74, 6) is 0. The number of alkyl halides is 3. The summed E-state index contributed by atoms with van der Waals surface area (Å²) in [7, 11) is 0. The molecule has 1 fully saturated rings. The lowest BCUT2D eigenvalue weighted by molar-refractivity contribution is 0.524. The first kappa shape index (κ1) is 7.97. The summed E-state index contributed by atoms with van der Waals surface area (Å²) in [6.07, 6.45) is 2.83. The van der Waals surface area contributed by atoms with Crippen molar-refractivity contribution in [2.24, 2.45) is 0 Å². The molecule has 0 amide bonds. The Balaban J connectivity index is 2.35. The molecule has 0 N–H and O–H groups in total. The Hall–Kier alpha value is 0.870. The van der Waals surface area contributed by atoms with Crippen LogP contribution in [-0.2, 0) is 0 Å². The van der Waals surface area contributed by atoms with Crippen LogP contribution in [0.2, 0.25) is 0 Å². The van der Waals surface area contributed by atoms with Gasteiger partial charge in [0.05, 0.1) is 10.8 Å². The number of halogens is 3. The summed E-state index contributed by atoms with van der Waals surface area (Å²) in [6.45, 7) is 0. The highest BCUT2D eigenvalue weighted by molar-refractivity contribution is 6.31. The molecule has 0 radical (unpaired) electrons. The fourth-order valence-corrected chi connectivity index (χ4v) is 2.01. The van der Waals surface area contributed by atoms with E-state index in [0.29, 0.717) is 0 Å². The van der Waals surface area contributed by atoms with Crippen LogP contribution in [0.25, 0.3) is 0 Å². The Morgan fingerprint density at radius 3 is 2.00 bits per heavy atom. The molecule has 0 aliphatic heterocycles. The molecule has 0 aromatic carbocycles. The van der Waals surface area contributed by atoms with E-state index in [4.69, 9.17) is 34.8 Å². The molecule has 3 heteroatoms. The highest BCUT2D eigenvalue weighted by Gasteiger charge is 2.25. The quantitative estimate of drug-likeness (QED) is 0.512. The molecule has 0 nitrogen and oxygen atoms in total. The second-order valence-electron chi connectivity index (χ2n) is 2.44. The van der Waals surface area contributed by atoms with Gasteiger partial charge in [0.25, 0.3) is 0 Å². The molecule has 0 saturated heterocycles. The fourth-order valence-electron chi connectivity index (χ4n) is 1.03. The molecule has 1 rings (SSSR count). The molecule has 0 aromatic heterocycles. The SMILES string of the molecule is Cl[C@H]1CC[C@H](Cl)[C@H](Cl)C1. The van der Waals surface area contributed by atoms with Gasteiger partial charge < -0.3 is 0 Å². The van der Waals surface area contributed by atoms with E-state index in [9.17, 15) is 0 Å². The molecule has 0 aromatic rings. The van der Waals surface area contributed by atoms with Crippen molar-refractivity contribution < 1.29 is 0 Å². The standard InChI is InChI=1S/C6H9Cl3/c7-4-1-2-5(8)6(9)3-4/h4-6H,1-3H2/t4-,5-,6+/m0/s1. The second kappa shape index (κ2) is 3.32. The summed E-state index contributed by atoms with van der Waals surface area (Å²) in [4.78, 5) is 0. The van der Waals surface area contributed by atoms with Crippen LogP contribution in [0.4, 0.5) is 0 Å². The maximum atomic E-state index is 5.85. The van der Waals surface area contributed by atoms with Crippen LogP contribution in [0.5, 0.6) is 0 Å². The Kier molecular flexibility index (Phi) is 2.94. The highest BCUT2D eigenvalue weighted by Crippen LogP contribution is 2.30. The van der Waals surface area contributed by atoms with Gasteiger partial charge in [-0.15, -0.1) is 34.8 Å². The van der Waals surface area contributed by atoms with Gasteiger partial charge in [-0.2, -0.15) is 0 Å². The molecule has 0 unspecified atom stereocenters. The van der Waals surface area contributed by atoms with E-state index < -0.39 is 0 Å². The largest absolute Gasteiger partial charge is 0.123 e. The molecule has 54 valence electrons. The topological polar surface area (TPSA) is 0 Å². The van der Waals surface area contributed by atoms with Crippen molar-refractivity contribution in [1.29, 1.82) is 0 Å². The van der Waals surface area contributed by atoms with Gasteiger partial charge in [0.2, 0.25) is 0 Å². The molecule has 0 spiro atoms. The lowest BCUT2D eigenvalue weighted by atomic mass is 9.99. The average Bonchev–Trinajstić information content (AvgIpc) is 1.80. The van der Waals surface area contributed by atoms with Gasteiger partial charge in [-0.3, -0.25) is 0 Å². The zero-order valence-electron chi connectivity index (χ0n) is 4.99. The van der Waals surface area contributed by atoms with E-state index in [1.165, 1.54) is 0 Å². The minimum Gasteiger partial charge on any atom is -0.123 e. The van der Waals surface area contributed by atoms with E-state index in [0.717, 1.165) is 19.3 Å². The molecule has 0 heterocycles. The molecule has 1 aliphatic carbocycles. The highest BCUT2D eigenvalue weighted by atomic mass is 35.5. The monoisotopic (exact) mass is 186 g/mol. The molecular weight excluding hydrogens is 178 g/mol. The van der Waals surface area contributed by atoms with Gasteiger partial charge in [-0.05, 0) is 19.3 Å². The number of hydrogen-bond donors (Lipinski definition) is 0. The average molecular weight is 187 g/mol. The Labute approximate surface area is 70.5 Å². The minimum atomic E-state index is 0.0860. The van der Waals surface area contributed by atoms with Crippen molar-refractivity contribution in [2.45, 2.75) is 35.4 Å². The Morgan fingerprint density at radius 2 is 1.56 bits per heavy atom. The lowest BCUT2D eigenvalue weighted by Gasteiger charge is -2.24. The fraction of sp³-hybridized carbons (Fsp3) is 1.00. The number of rotatable bonds is 0. The molecule has 3 atom stereocenters. The van der Waals surface area contributed by atoms with Crippen LogP contribution in [0.15, 0.2) is 0 Å². The zero-order valence-corrected chi connectivity index (χ0v) is 7.26. The Bertz CT molecular complexity index is 94.3. The summed E-state index contributed by atoms with van der Waals surface area (Å²) in [5.41, 5.74) is 0. The van der Waals surface area contributed by atoms with Gasteiger partial charge in [0.1, 0.15) is 0 Å². The first-order chi connectivity index (χ1) is 4.20. The van der Waals surface area contributed by atoms with Crippen LogP contribution >= 0.6 is 34.8 Å². The summed E-state index contributed by atoms with van der Waals surface area (Å²) < 4.78 is 0. The van der Waals surface area contributed by atoms with E-state index in [-0.39, 0.29) is 16.1 Å². The van der Waals surface area contributed by atoms with E-state index in [1.54, 1.807) is 0 Å². The summed E-state index contributed by atoms with van der Waals surface area (Å²) >= 11 is 17.5. The van der Waals surface area contributed by atoms with Gasteiger partial charge in [0.15, 0.2) is 0 Å². The molecule has 1 saturated carbocycles. The molecular formula is C6H9Cl3. The van der Waals surface area contributed by atoms with Crippen LogP contribution in [0.1, 0.15) is 19.3 Å². The third-order valence-corrected chi connectivity index (χ3v) is 3.16. The first-order valence-corrected chi connectivity index (χ1v) is 4.43. The first-order valence-electron chi connectivity index (χ1n) is 3.12. The maximum absolute atomic E-state index is 5.85. The van der Waals surface area contributed by atoms with E-state index in [2.05, 4.69) is 0 Å². The lowest BCUT2D eigenvalue weighted by Crippen LogP contribution is -2.25. The molecule has 9 heavy (non-hydrogen) atoms. The number of hydrogen-bond acceptors (Lipinski definition) is 0. The van der Waals surface area contributed by atoms with Crippen LogP contribution in [0.3, 0.4) is 0 Å². The van der Waals surface area contributed by atoms with Crippen molar-refractivity contribution in [1.82, 2.24) is 0 Å². The van der Waals surface area contributed by atoms with Crippen molar-refractivity contribution in [3.8, 4) is 0 Å². The zero-order chi connectivity index (χ0) is 6.85. The van der Waals surface area contributed by atoms with Gasteiger partial charge >= 0.3 is 0 Å². The van der Waals surface area contributed by atoms with Gasteiger partial charge in [-0.1, -0.05) is 0 Å². The van der Waals surface area contributed by atoms with Crippen molar-refractivity contribution in [2.75, 3.05) is 0 Å². The van der Waals surface area contributed by atoms with Crippen LogP contribution < -0.4 is 0 Å². The third-order valence-electron chi connectivity index (χ3n) is 1.63. The molecule has 0 bridgehead atoms. The van der Waals surface area contributed by atoms with Crippen LogP contribution in [0, 0.1) is 0 Å². The third kappa shape index (κ3) is 2.18. The summed E-state index contributed by atoms with van der Waals surface area (Å²) in [5, 5.41) is 0.479. The summed E-state index contributed by atoms with van der Waals surface area (Å²) in [6, 6.07) is 0. The Morgan fingerprint density at radius 1 is 0.889 bits per heavy atom. The second-order valence-corrected chi connectivity index (χ2v) is 4.18.